The first-order valence-electron chi connectivity index (χ1n) is 21.7. The smallest absolute Gasteiger partial charge is 0.306 e. The van der Waals surface area contributed by atoms with E-state index in [1.165, 1.54) is 141 Å². The summed E-state index contributed by atoms with van der Waals surface area (Å²) in [4.78, 5) is 12.8. The van der Waals surface area contributed by atoms with Crippen molar-refractivity contribution in [2.24, 2.45) is 46.3 Å². The Morgan fingerprint density at radius 3 is 1.96 bits per heavy atom. The van der Waals surface area contributed by atoms with Crippen molar-refractivity contribution in [2.75, 3.05) is 6.61 Å². The Bertz CT molecular complexity index is 954. The fourth-order valence-electron chi connectivity index (χ4n) is 11.7. The third-order valence-corrected chi connectivity index (χ3v) is 14.6. The quantitative estimate of drug-likeness (QED) is 0.0669. The SMILES string of the molecule is CC(C)CCC[C@@H](C)[C@H]1CCC2C3CC=C4CC(OC(=O)CCCCCCCCCCCCCCCCCO)CC[C@]4(C)C3CC[C@@]21C. The zero-order chi connectivity index (χ0) is 34.4. The number of rotatable bonds is 23. The van der Waals surface area contributed by atoms with Crippen molar-refractivity contribution in [3.05, 3.63) is 11.6 Å². The van der Waals surface area contributed by atoms with E-state index in [4.69, 9.17) is 9.84 Å². The average Bonchev–Trinajstić information content (AvgIpc) is 3.42. The van der Waals surface area contributed by atoms with Crippen molar-refractivity contribution < 1.29 is 14.6 Å². The lowest BCUT2D eigenvalue weighted by molar-refractivity contribution is -0.151. The predicted octanol–water partition coefficient (Wildman–Crippen LogP) is 13.2. The molecule has 3 fully saturated rings. The van der Waals surface area contributed by atoms with Crippen LogP contribution in [0.25, 0.3) is 0 Å². The molecule has 3 saturated carbocycles. The maximum absolute atomic E-state index is 12.8. The number of aliphatic hydroxyl groups is 1. The van der Waals surface area contributed by atoms with Gasteiger partial charge in [-0.25, -0.2) is 0 Å². The lowest BCUT2D eigenvalue weighted by Crippen LogP contribution is -2.51. The number of aliphatic hydroxyl groups excluding tert-OH is 1. The van der Waals surface area contributed by atoms with Gasteiger partial charge in [0.05, 0.1) is 0 Å². The number of carbonyl (C=O) groups excluding carboxylic acids is 1. The van der Waals surface area contributed by atoms with Crippen molar-refractivity contribution in [1.82, 2.24) is 0 Å². The highest BCUT2D eigenvalue weighted by atomic mass is 16.5. The van der Waals surface area contributed by atoms with Gasteiger partial charge < -0.3 is 9.84 Å². The molecule has 4 unspecified atom stereocenters. The minimum absolute atomic E-state index is 0.0548. The molecule has 278 valence electrons. The first-order valence-corrected chi connectivity index (χ1v) is 21.7. The topological polar surface area (TPSA) is 46.5 Å². The Hall–Kier alpha value is -0.830. The second kappa shape index (κ2) is 20.3. The molecule has 0 bridgehead atoms. The van der Waals surface area contributed by atoms with E-state index in [0.29, 0.717) is 23.9 Å². The Morgan fingerprint density at radius 2 is 1.35 bits per heavy atom. The Kier molecular flexibility index (Phi) is 16.9. The molecular formula is C45H80O3. The zero-order valence-electron chi connectivity index (χ0n) is 32.7. The van der Waals surface area contributed by atoms with Gasteiger partial charge in [-0.3, -0.25) is 4.79 Å². The van der Waals surface area contributed by atoms with E-state index < -0.39 is 0 Å². The van der Waals surface area contributed by atoms with Crippen LogP contribution in [0.3, 0.4) is 0 Å². The van der Waals surface area contributed by atoms with Crippen LogP contribution in [0.4, 0.5) is 0 Å². The van der Waals surface area contributed by atoms with Crippen molar-refractivity contribution in [1.29, 1.82) is 0 Å². The van der Waals surface area contributed by atoms with Crippen molar-refractivity contribution in [3.63, 3.8) is 0 Å². The molecule has 0 aliphatic heterocycles. The van der Waals surface area contributed by atoms with Crippen LogP contribution in [0, 0.1) is 46.3 Å². The maximum atomic E-state index is 12.8. The van der Waals surface area contributed by atoms with E-state index in [9.17, 15) is 4.79 Å². The summed E-state index contributed by atoms with van der Waals surface area (Å²) in [5.74, 6) is 5.30. The first kappa shape index (κ1) is 39.9. The van der Waals surface area contributed by atoms with Crippen molar-refractivity contribution >= 4 is 5.97 Å². The molecule has 0 aromatic rings. The summed E-state index contributed by atoms with van der Waals surface area (Å²) in [5, 5.41) is 8.84. The minimum Gasteiger partial charge on any atom is -0.462 e. The van der Waals surface area contributed by atoms with E-state index >= 15 is 0 Å². The van der Waals surface area contributed by atoms with Crippen LogP contribution in [0.5, 0.6) is 0 Å². The third kappa shape index (κ3) is 11.1. The monoisotopic (exact) mass is 669 g/mol. The van der Waals surface area contributed by atoms with Gasteiger partial charge >= 0.3 is 5.97 Å². The van der Waals surface area contributed by atoms with Crippen LogP contribution in [0.15, 0.2) is 11.6 Å². The van der Waals surface area contributed by atoms with Gasteiger partial charge in [0.1, 0.15) is 6.10 Å². The summed E-state index contributed by atoms with van der Waals surface area (Å²) in [7, 11) is 0. The molecule has 0 aromatic heterocycles. The molecular weight excluding hydrogens is 588 g/mol. The molecule has 48 heavy (non-hydrogen) atoms. The highest BCUT2D eigenvalue weighted by Gasteiger charge is 2.59. The van der Waals surface area contributed by atoms with Gasteiger partial charge in [-0.1, -0.05) is 149 Å². The molecule has 0 amide bonds. The molecule has 4 rings (SSSR count). The molecule has 0 saturated heterocycles. The summed E-state index contributed by atoms with van der Waals surface area (Å²) < 4.78 is 6.13. The van der Waals surface area contributed by atoms with Gasteiger partial charge in [0, 0.05) is 19.4 Å². The molecule has 3 heteroatoms. The fourth-order valence-corrected chi connectivity index (χ4v) is 11.7. The lowest BCUT2D eigenvalue weighted by atomic mass is 9.47. The van der Waals surface area contributed by atoms with Gasteiger partial charge in [0.25, 0.3) is 0 Å². The molecule has 0 aromatic carbocycles. The highest BCUT2D eigenvalue weighted by molar-refractivity contribution is 5.69. The van der Waals surface area contributed by atoms with Crippen LogP contribution in [0.2, 0.25) is 0 Å². The highest BCUT2D eigenvalue weighted by Crippen LogP contribution is 2.67. The van der Waals surface area contributed by atoms with Gasteiger partial charge in [-0.05, 0) is 104 Å². The summed E-state index contributed by atoms with van der Waals surface area (Å²) >= 11 is 0. The van der Waals surface area contributed by atoms with Gasteiger partial charge in [0.15, 0.2) is 0 Å². The Balaban J connectivity index is 1.08. The molecule has 0 heterocycles. The molecule has 4 aliphatic rings. The van der Waals surface area contributed by atoms with Crippen LogP contribution in [-0.2, 0) is 9.53 Å². The normalized spacial score (nSPS) is 32.0. The van der Waals surface area contributed by atoms with Crippen LogP contribution < -0.4 is 0 Å². The van der Waals surface area contributed by atoms with E-state index in [1.54, 1.807) is 5.57 Å². The molecule has 0 radical (unpaired) electrons. The van der Waals surface area contributed by atoms with Gasteiger partial charge in [-0.15, -0.1) is 0 Å². The largest absolute Gasteiger partial charge is 0.462 e. The number of esters is 1. The third-order valence-electron chi connectivity index (χ3n) is 14.6. The Morgan fingerprint density at radius 1 is 0.750 bits per heavy atom. The number of hydrogen-bond acceptors (Lipinski definition) is 3. The standard InChI is InChI=1S/C45H80O3/c1-35(2)22-21-23-36(3)40-27-28-41-39-26-25-37-34-38(29-31-44(37,4)42(39)30-32-45(40,41)5)48-43(47)24-19-17-15-13-11-9-7-6-8-10-12-14-16-18-20-33-46/h25,35-36,38-42,46H,6-24,26-34H2,1-5H3/t36-,38?,39?,40-,41?,42?,44+,45-/m1/s1. The summed E-state index contributed by atoms with van der Waals surface area (Å²) in [6, 6.07) is 0. The van der Waals surface area contributed by atoms with Crippen molar-refractivity contribution in [2.45, 2.75) is 214 Å². The average molecular weight is 669 g/mol. The van der Waals surface area contributed by atoms with Crippen molar-refractivity contribution in [3.8, 4) is 0 Å². The van der Waals surface area contributed by atoms with E-state index in [-0.39, 0.29) is 12.1 Å². The number of carbonyl (C=O) groups is 1. The van der Waals surface area contributed by atoms with Crippen LogP contribution in [-0.4, -0.2) is 23.8 Å². The summed E-state index contributed by atoms with van der Waals surface area (Å²) in [5.41, 5.74) is 2.52. The number of fused-ring (bicyclic) bond motifs is 5. The number of allylic oxidation sites excluding steroid dienone is 1. The van der Waals surface area contributed by atoms with Gasteiger partial charge in [-0.2, -0.15) is 0 Å². The molecule has 0 spiro atoms. The van der Waals surface area contributed by atoms with E-state index in [0.717, 1.165) is 61.2 Å². The first-order chi connectivity index (χ1) is 23.2. The van der Waals surface area contributed by atoms with E-state index in [2.05, 4.69) is 40.7 Å². The number of ether oxygens (including phenoxy) is 1. The number of hydrogen-bond donors (Lipinski definition) is 1. The molecule has 4 aliphatic carbocycles. The van der Waals surface area contributed by atoms with Crippen LogP contribution >= 0.6 is 0 Å². The minimum atomic E-state index is 0.0548. The Labute approximate surface area is 298 Å². The zero-order valence-corrected chi connectivity index (χ0v) is 32.7. The summed E-state index contributed by atoms with van der Waals surface area (Å²) in [6.45, 7) is 13.0. The molecule has 8 atom stereocenters. The maximum Gasteiger partial charge on any atom is 0.306 e. The second-order valence-electron chi connectivity index (χ2n) is 18.4. The van der Waals surface area contributed by atoms with Crippen LogP contribution in [0.1, 0.15) is 208 Å². The molecule has 1 N–H and O–H groups in total. The fraction of sp³-hybridized carbons (Fsp3) is 0.933. The predicted molar refractivity (Wildman–Crippen MR) is 204 cm³/mol. The number of unbranched alkanes of at least 4 members (excludes halogenated alkanes) is 14. The van der Waals surface area contributed by atoms with Gasteiger partial charge in [0.2, 0.25) is 0 Å². The lowest BCUT2D eigenvalue weighted by Gasteiger charge is -2.58. The second-order valence-corrected chi connectivity index (χ2v) is 18.4. The molecule has 3 nitrogen and oxygen atoms in total. The van der Waals surface area contributed by atoms with E-state index in [1.807, 2.05) is 0 Å². The summed E-state index contributed by atoms with van der Waals surface area (Å²) in [6.07, 6.45) is 37.1.